The van der Waals surface area contributed by atoms with E-state index in [-0.39, 0.29) is 15.8 Å². The average molecular weight is 334 g/mol. The van der Waals surface area contributed by atoms with Crippen LogP contribution in [0.25, 0.3) is 0 Å². The number of carbonyl (C=O) groups is 1. The Balaban J connectivity index is 2.30. The molecule has 0 aromatic heterocycles. The van der Waals surface area contributed by atoms with Gasteiger partial charge in [-0.05, 0) is 18.6 Å². The number of hydrogen-bond acceptors (Lipinski definition) is 5. The van der Waals surface area contributed by atoms with E-state index < -0.39 is 26.7 Å². The molecule has 1 heterocycles. The number of likely N-dealkylation sites (N-methyl/N-ethyl adjacent to an activating group) is 1. The molecule has 1 fully saturated rings. The normalized spacial score (nSPS) is 19.0. The molecule has 1 aliphatic rings. The van der Waals surface area contributed by atoms with E-state index in [1.165, 1.54) is 4.90 Å². The maximum atomic E-state index is 12.2. The van der Waals surface area contributed by atoms with Crippen molar-refractivity contribution in [2.45, 2.75) is 17.4 Å². The highest BCUT2D eigenvalue weighted by atomic mass is 35.5. The van der Waals surface area contributed by atoms with Gasteiger partial charge in [-0.15, -0.1) is 0 Å². The molecule has 1 atom stereocenters. The molecule has 8 nitrogen and oxygen atoms in total. The second kappa shape index (κ2) is 5.58. The fourth-order valence-electron chi connectivity index (χ4n) is 1.99. The topological polar surface area (TPSA) is 110 Å². The Bertz CT molecular complexity index is 706. The number of nitro benzene ring substituents is 1. The average Bonchev–Trinajstić information content (AvgIpc) is 2.70. The van der Waals surface area contributed by atoms with E-state index in [0.717, 1.165) is 18.2 Å². The predicted octanol–water partition coefficient (Wildman–Crippen LogP) is 0.757. The van der Waals surface area contributed by atoms with Crippen LogP contribution in [0.4, 0.5) is 5.69 Å². The number of carbonyl (C=O) groups excluding carboxylic acids is 1. The number of benzene rings is 1. The Kier molecular flexibility index (Phi) is 4.17. The summed E-state index contributed by atoms with van der Waals surface area (Å²) in [5.74, 6) is -0.331. The molecular formula is C11H12ClN3O5S. The number of likely N-dealkylation sites (tertiary alicyclic amines) is 1. The molecule has 21 heavy (non-hydrogen) atoms. The SMILES string of the molecule is CN1CCC(NS(=O)(=O)c2ccc(Cl)c([N+](=O)[O-])c2)C1=O. The summed E-state index contributed by atoms with van der Waals surface area (Å²) in [6.45, 7) is 0.451. The Morgan fingerprint density at radius 1 is 1.48 bits per heavy atom. The van der Waals surface area contributed by atoms with Crippen molar-refractivity contribution < 1.29 is 18.1 Å². The van der Waals surface area contributed by atoms with Crippen LogP contribution in [0.3, 0.4) is 0 Å². The van der Waals surface area contributed by atoms with Crippen LogP contribution in [0.1, 0.15) is 6.42 Å². The lowest BCUT2D eigenvalue weighted by molar-refractivity contribution is -0.384. The summed E-state index contributed by atoms with van der Waals surface area (Å²) in [7, 11) is -2.46. The summed E-state index contributed by atoms with van der Waals surface area (Å²) in [6.07, 6.45) is 0.351. The summed E-state index contributed by atoms with van der Waals surface area (Å²) in [6, 6.07) is 2.31. The summed E-state index contributed by atoms with van der Waals surface area (Å²) in [5, 5.41) is 10.6. The van der Waals surface area contributed by atoms with Crippen molar-refractivity contribution in [2.24, 2.45) is 0 Å². The Labute approximate surface area is 125 Å². The van der Waals surface area contributed by atoms with Crippen LogP contribution in [-0.4, -0.2) is 43.8 Å². The molecule has 1 unspecified atom stereocenters. The third-order valence-corrected chi connectivity index (χ3v) is 4.94. The molecule has 10 heteroatoms. The van der Waals surface area contributed by atoms with Gasteiger partial charge in [-0.3, -0.25) is 14.9 Å². The lowest BCUT2D eigenvalue weighted by atomic mass is 10.3. The summed E-state index contributed by atoms with van der Waals surface area (Å²) in [4.78, 5) is 22.8. The number of amides is 1. The van der Waals surface area contributed by atoms with Crippen LogP contribution in [0.15, 0.2) is 23.1 Å². The highest BCUT2D eigenvalue weighted by Crippen LogP contribution is 2.27. The van der Waals surface area contributed by atoms with E-state index in [1.807, 2.05) is 0 Å². The lowest BCUT2D eigenvalue weighted by Crippen LogP contribution is -2.40. The Morgan fingerprint density at radius 3 is 2.67 bits per heavy atom. The number of nitro groups is 1. The second-order valence-electron chi connectivity index (χ2n) is 4.59. The number of nitrogens with one attached hydrogen (secondary N) is 1. The number of rotatable bonds is 4. The third-order valence-electron chi connectivity index (χ3n) is 3.15. The van der Waals surface area contributed by atoms with E-state index in [4.69, 9.17) is 11.6 Å². The first-order valence-corrected chi connectivity index (χ1v) is 7.80. The van der Waals surface area contributed by atoms with Gasteiger partial charge in [0.2, 0.25) is 15.9 Å². The van der Waals surface area contributed by atoms with Crippen LogP contribution in [0.5, 0.6) is 0 Å². The first-order valence-electron chi connectivity index (χ1n) is 5.93. The monoisotopic (exact) mass is 333 g/mol. The van der Waals surface area contributed by atoms with Crippen LogP contribution in [0.2, 0.25) is 5.02 Å². The summed E-state index contributed by atoms with van der Waals surface area (Å²) in [5.41, 5.74) is -0.505. The molecule has 1 aliphatic heterocycles. The van der Waals surface area contributed by atoms with Crippen molar-refractivity contribution in [1.82, 2.24) is 9.62 Å². The fourth-order valence-corrected chi connectivity index (χ4v) is 3.42. The van der Waals surface area contributed by atoms with Gasteiger partial charge in [0.25, 0.3) is 5.69 Å². The molecule has 0 aliphatic carbocycles. The van der Waals surface area contributed by atoms with Gasteiger partial charge in [0.1, 0.15) is 11.1 Å². The molecular weight excluding hydrogens is 322 g/mol. The number of sulfonamides is 1. The molecule has 0 saturated carbocycles. The van der Waals surface area contributed by atoms with E-state index in [9.17, 15) is 23.3 Å². The lowest BCUT2D eigenvalue weighted by Gasteiger charge is -2.12. The quantitative estimate of drug-likeness (QED) is 0.646. The molecule has 1 saturated heterocycles. The number of hydrogen-bond donors (Lipinski definition) is 1. The van der Waals surface area contributed by atoms with Gasteiger partial charge in [0, 0.05) is 19.7 Å². The first-order chi connectivity index (χ1) is 9.72. The predicted molar refractivity (Wildman–Crippen MR) is 74.5 cm³/mol. The van der Waals surface area contributed by atoms with Gasteiger partial charge in [-0.1, -0.05) is 11.6 Å². The summed E-state index contributed by atoms with van der Waals surface area (Å²) >= 11 is 5.64. The first kappa shape index (κ1) is 15.7. The van der Waals surface area contributed by atoms with E-state index in [0.29, 0.717) is 13.0 Å². The molecule has 1 aromatic carbocycles. The maximum Gasteiger partial charge on any atom is 0.289 e. The van der Waals surface area contributed by atoms with Crippen molar-refractivity contribution in [2.75, 3.05) is 13.6 Å². The Hall–Kier alpha value is -1.71. The zero-order valence-corrected chi connectivity index (χ0v) is 12.5. The molecule has 114 valence electrons. The molecule has 0 bridgehead atoms. The van der Waals surface area contributed by atoms with Gasteiger partial charge >= 0.3 is 0 Å². The third kappa shape index (κ3) is 3.14. The Morgan fingerprint density at radius 2 is 2.14 bits per heavy atom. The molecule has 1 aromatic rings. The van der Waals surface area contributed by atoms with Gasteiger partial charge in [-0.25, -0.2) is 8.42 Å². The number of nitrogens with zero attached hydrogens (tertiary/aromatic N) is 2. The van der Waals surface area contributed by atoms with Crippen molar-refractivity contribution in [1.29, 1.82) is 0 Å². The zero-order valence-electron chi connectivity index (χ0n) is 10.9. The van der Waals surface area contributed by atoms with Crippen LogP contribution in [-0.2, 0) is 14.8 Å². The molecule has 0 spiro atoms. The van der Waals surface area contributed by atoms with E-state index in [1.54, 1.807) is 7.05 Å². The van der Waals surface area contributed by atoms with Gasteiger partial charge < -0.3 is 4.90 Å². The molecule has 1 amide bonds. The summed E-state index contributed by atoms with van der Waals surface area (Å²) < 4.78 is 26.6. The van der Waals surface area contributed by atoms with Crippen molar-refractivity contribution in [3.05, 3.63) is 33.3 Å². The van der Waals surface area contributed by atoms with Gasteiger partial charge in [-0.2, -0.15) is 4.72 Å². The highest BCUT2D eigenvalue weighted by Gasteiger charge is 2.33. The minimum Gasteiger partial charge on any atom is -0.344 e. The maximum absolute atomic E-state index is 12.2. The molecule has 1 N–H and O–H groups in total. The second-order valence-corrected chi connectivity index (χ2v) is 6.71. The van der Waals surface area contributed by atoms with E-state index >= 15 is 0 Å². The minimum absolute atomic E-state index is 0.157. The molecule has 2 rings (SSSR count). The van der Waals surface area contributed by atoms with Crippen LogP contribution in [0, 0.1) is 10.1 Å². The van der Waals surface area contributed by atoms with Gasteiger partial charge in [0.05, 0.1) is 9.82 Å². The fraction of sp³-hybridized carbons (Fsp3) is 0.364. The number of halogens is 1. The molecule has 0 radical (unpaired) electrons. The van der Waals surface area contributed by atoms with Crippen molar-refractivity contribution >= 4 is 33.2 Å². The van der Waals surface area contributed by atoms with Crippen molar-refractivity contribution in [3.8, 4) is 0 Å². The van der Waals surface area contributed by atoms with Gasteiger partial charge in [0.15, 0.2) is 0 Å². The largest absolute Gasteiger partial charge is 0.344 e. The van der Waals surface area contributed by atoms with E-state index in [2.05, 4.69) is 4.72 Å². The van der Waals surface area contributed by atoms with Crippen LogP contribution < -0.4 is 4.72 Å². The highest BCUT2D eigenvalue weighted by molar-refractivity contribution is 7.89. The standard InChI is InChI=1S/C11H12ClN3O5S/c1-14-5-4-9(11(14)16)13-21(19,20)7-2-3-8(12)10(6-7)15(17)18/h2-3,6,9,13H,4-5H2,1H3. The zero-order chi connectivity index (χ0) is 15.8. The minimum atomic E-state index is -4.03. The smallest absolute Gasteiger partial charge is 0.289 e. The van der Waals surface area contributed by atoms with Crippen molar-refractivity contribution in [3.63, 3.8) is 0 Å². The van der Waals surface area contributed by atoms with Crippen LogP contribution >= 0.6 is 11.6 Å².